The molecule has 6 saturated heterocycles. The summed E-state index contributed by atoms with van der Waals surface area (Å²) in [5.74, 6) is -1.10. The van der Waals surface area contributed by atoms with Crippen LogP contribution in [0, 0.1) is 143 Å². The summed E-state index contributed by atoms with van der Waals surface area (Å²) in [5, 5.41) is 12.8. The molecule has 31 heteroatoms. The predicted octanol–water partition coefficient (Wildman–Crippen LogP) is 12.6. The Morgan fingerprint density at radius 1 is 0.354 bits per heavy atom. The number of likely N-dealkylation sites (tertiary alicyclic amines) is 5. The minimum Gasteiger partial charge on any atom is -0.480 e. The van der Waals surface area contributed by atoms with Crippen molar-refractivity contribution < 1.29 is 105 Å². The van der Waals surface area contributed by atoms with Gasteiger partial charge in [-0.15, -0.1) is 24.8 Å². The molecule has 12 rings (SSSR count). The van der Waals surface area contributed by atoms with Gasteiger partial charge in [0.2, 0.25) is 23.6 Å². The van der Waals surface area contributed by atoms with Crippen molar-refractivity contribution in [2.24, 2.45) is 149 Å². The number of carbonyl (C=O) groups excluding carboxylic acids is 13. The van der Waals surface area contributed by atoms with E-state index in [-0.39, 0.29) is 194 Å². The van der Waals surface area contributed by atoms with E-state index in [9.17, 15) is 72.2 Å². The molecular formula is C96H161Cl2N7O22. The van der Waals surface area contributed by atoms with Crippen LogP contribution in [0.2, 0.25) is 0 Å². The van der Waals surface area contributed by atoms with Gasteiger partial charge in [0.15, 0.2) is 0 Å². The minimum atomic E-state index is -0.925. The van der Waals surface area contributed by atoms with Gasteiger partial charge >= 0.3 is 47.9 Å². The van der Waals surface area contributed by atoms with Crippen LogP contribution in [0.5, 0.6) is 0 Å². The summed E-state index contributed by atoms with van der Waals surface area (Å²) >= 11 is 0. The molecule has 0 spiro atoms. The molecule has 127 heavy (non-hydrogen) atoms. The molecule has 29 nitrogen and oxygen atoms in total. The number of aliphatic carboxylic acids is 1. The molecule has 6 saturated carbocycles. The minimum absolute atomic E-state index is 0. The monoisotopic (exact) mass is 1830 g/mol. The summed E-state index contributed by atoms with van der Waals surface area (Å²) < 4.78 is 35.2. The summed E-state index contributed by atoms with van der Waals surface area (Å²) in [7, 11) is 6.91. The molecule has 726 valence electrons. The van der Waals surface area contributed by atoms with Gasteiger partial charge in [0, 0.05) is 99.8 Å². The third-order valence-corrected chi connectivity index (χ3v) is 31.0. The number of carboxylic acids is 1. The topological polar surface area (TPSA) is 378 Å². The number of ketones is 2. The smallest absolute Gasteiger partial charge is 0.411 e. The fourth-order valence-electron chi connectivity index (χ4n) is 22.0. The number of carbonyl (C=O) groups is 14. The lowest BCUT2D eigenvalue weighted by atomic mass is 9.76. The lowest BCUT2D eigenvalue weighted by Gasteiger charge is -2.37. The molecule has 6 aliphatic carbocycles. The number of fused-ring (bicyclic) bond motifs is 6. The summed E-state index contributed by atoms with van der Waals surface area (Å²) in [5.41, 5.74) is 4.14. The van der Waals surface area contributed by atoms with E-state index in [0.717, 1.165) is 6.54 Å². The van der Waals surface area contributed by atoms with E-state index >= 15 is 0 Å². The highest BCUT2D eigenvalue weighted by atomic mass is 35.5. The van der Waals surface area contributed by atoms with Gasteiger partial charge in [-0.3, -0.25) is 43.3 Å². The van der Waals surface area contributed by atoms with Crippen LogP contribution in [0.3, 0.4) is 0 Å². The first-order chi connectivity index (χ1) is 56.7. The van der Waals surface area contributed by atoms with E-state index in [4.69, 9.17) is 38.9 Å². The predicted molar refractivity (Wildman–Crippen MR) is 484 cm³/mol. The van der Waals surface area contributed by atoms with Gasteiger partial charge in [-0.2, -0.15) is 0 Å². The molecule has 12 fully saturated rings. The zero-order valence-corrected chi connectivity index (χ0v) is 85.3. The molecule has 0 unspecified atom stereocenters. The first-order valence-corrected chi connectivity index (χ1v) is 45.3. The van der Waals surface area contributed by atoms with Crippen LogP contribution in [0.15, 0.2) is 0 Å². The molecular weight excluding hydrogens is 1670 g/mol. The Balaban J connectivity index is 0.000000272. The highest BCUT2D eigenvalue weighted by molar-refractivity contribution is 5.94. The quantitative estimate of drug-likeness (QED) is 0.0847. The van der Waals surface area contributed by atoms with Crippen molar-refractivity contribution >= 4 is 108 Å². The number of hydrogen-bond acceptors (Lipinski definition) is 23. The number of amides is 5. The SMILES string of the molecule is CCC(=O)C[C@H](C(=O)N1C[C@H]2[C@@H]([C@H]1C(=O)O)C2(C)C)C(C)(C)C.CCC(=O)C[C@H](C(=O)N1C[C@H]2[C@@H]([C@H]1C(=O)OC)C2(C)C)C(C)(C)C.COC(=O)[C@@H]1[C@@H]2[C@H](CN1C(=O)OC(C)(C)C)C2(C)C.COC(=O)[C@@H]1[C@@H]2[C@H](CN1C(=O)[C@@H](CC(=O)OC(C)(C)C)C(C)(C)C)C2(C)C.COC(=O)[C@@H]1[C@@H]2[C@H](CN1C(=O)[C@@H](N)C(C)(C)C)C2(C)C.COC(=O)[C@H]1NC[C@H]2[C@@H]1C2(C)C.Cl.Cl. The first-order valence-electron chi connectivity index (χ1n) is 45.3. The fourth-order valence-corrected chi connectivity index (χ4v) is 22.0. The van der Waals surface area contributed by atoms with Crippen molar-refractivity contribution in [3.05, 3.63) is 0 Å². The Morgan fingerprint density at radius 2 is 0.606 bits per heavy atom. The Morgan fingerprint density at radius 3 is 0.850 bits per heavy atom. The number of Topliss-reactive ketones (excluding diaryl/α,β-unsaturated/α-hetero) is 2. The molecule has 12 aliphatic rings. The average molecular weight is 1840 g/mol. The lowest BCUT2D eigenvalue weighted by molar-refractivity contribution is -0.163. The third-order valence-electron chi connectivity index (χ3n) is 31.0. The molecule has 5 amide bonds. The maximum Gasteiger partial charge on any atom is 0.411 e. The Kier molecular flexibility index (Phi) is 33.9. The zero-order valence-electron chi connectivity index (χ0n) is 83.6. The van der Waals surface area contributed by atoms with Gasteiger partial charge in [0.05, 0.1) is 53.9 Å². The summed E-state index contributed by atoms with van der Waals surface area (Å²) in [6.45, 7) is 67.3. The molecule has 4 N–H and O–H groups in total. The molecule has 0 aromatic carbocycles. The van der Waals surface area contributed by atoms with Crippen molar-refractivity contribution in [1.82, 2.24) is 29.8 Å². The van der Waals surface area contributed by atoms with Crippen LogP contribution in [-0.2, 0) is 95.5 Å². The number of nitrogens with one attached hydrogen (secondary N) is 1. The van der Waals surface area contributed by atoms with E-state index in [1.807, 2.05) is 132 Å². The van der Waals surface area contributed by atoms with Crippen LogP contribution >= 0.6 is 24.8 Å². The largest absolute Gasteiger partial charge is 0.480 e. The molecule has 22 atom stereocenters. The summed E-state index contributed by atoms with van der Waals surface area (Å²) in [6.07, 6.45) is 0.843. The first kappa shape index (κ1) is 111. The number of nitrogens with zero attached hydrogens (tertiary/aromatic N) is 5. The van der Waals surface area contributed by atoms with Gasteiger partial charge in [-0.05, 0) is 144 Å². The summed E-state index contributed by atoms with van der Waals surface area (Å²) in [6, 6.07) is -3.44. The second kappa shape index (κ2) is 38.8. The van der Waals surface area contributed by atoms with Crippen LogP contribution in [0.4, 0.5) is 4.79 Å². The Hall–Kier alpha value is -6.72. The van der Waals surface area contributed by atoms with Crippen LogP contribution in [0.1, 0.15) is 254 Å². The standard InChI is InChI=1S/C21H35NO5.C19H31NO4.C18H29NO4.C15H26N2O3.C14H23NO4.C9H15NO2.2ClH/c1-19(2,3)12(10-14(23)27-20(4,5)6)17(24)22-11-13-15(21(13,7)8)16(22)18(25)26-9;1-8-11(21)9-12(18(2,3)4)16(22)20-10-13-14(19(13,5)6)15(20)17(23)24-7;1-7-10(20)8-11(17(2,3)4)15(21)19-9-12-13(18(12,5)6)14(19)16(22)23;1-14(2,3)11(16)12(18)17-7-8-9(15(8,4)5)10(17)13(19)20-6;1-13(2,3)19-12(17)15-7-8-9(14(8,4)5)10(15)11(16)18-6;1-9(2)5-4-10-7(6(5)9)8(11)12-3;;/h12-13,15-16H,10-11H2,1-9H3;12-15H,8-10H2,1-7H3;11-14H,7-9H2,1-6H3,(H,22,23);8-11H,7,16H2,1-6H3;8-10H,7H2,1-6H3;5-7,10H,4H2,1-3H3;2*1H/t12-,13+,15+,16+;12-,13+,14+,15+;11-,12+,13+,14+;8-,9-,10-,11+;8-,9-,10-;5-,6-,7-;;/m111000../s1. The van der Waals surface area contributed by atoms with Gasteiger partial charge in [0.25, 0.3) is 0 Å². The van der Waals surface area contributed by atoms with E-state index in [0.29, 0.717) is 86.5 Å². The number of rotatable bonds is 18. The molecule has 6 heterocycles. The maximum atomic E-state index is 13.4. The Bertz CT molecular complexity index is 4090. The molecule has 0 radical (unpaired) electrons. The van der Waals surface area contributed by atoms with E-state index in [2.05, 4.69) is 88.4 Å². The zero-order chi connectivity index (χ0) is 96.1. The van der Waals surface area contributed by atoms with Crippen molar-refractivity contribution in [3.63, 3.8) is 0 Å². The number of esters is 6. The van der Waals surface area contributed by atoms with Crippen molar-refractivity contribution in [2.75, 3.05) is 74.8 Å². The van der Waals surface area contributed by atoms with Crippen LogP contribution in [-0.4, -0.2) is 241 Å². The number of piperidine rings is 6. The van der Waals surface area contributed by atoms with Crippen molar-refractivity contribution in [1.29, 1.82) is 0 Å². The molecule has 0 aromatic rings. The highest BCUT2D eigenvalue weighted by Gasteiger charge is 2.75. The second-order valence-corrected chi connectivity index (χ2v) is 47.5. The number of nitrogens with two attached hydrogens (primary N) is 1. The van der Waals surface area contributed by atoms with Crippen LogP contribution in [0.25, 0.3) is 0 Å². The van der Waals surface area contributed by atoms with E-state index < -0.39 is 88.7 Å². The van der Waals surface area contributed by atoms with Gasteiger partial charge in [-0.25, -0.2) is 28.8 Å². The Labute approximate surface area is 769 Å². The maximum absolute atomic E-state index is 13.4. The second-order valence-electron chi connectivity index (χ2n) is 47.5. The third kappa shape index (κ3) is 23.1. The fraction of sp³-hybridized carbons (Fsp3) is 0.854. The molecule has 6 aliphatic heterocycles. The van der Waals surface area contributed by atoms with Gasteiger partial charge < -0.3 is 68.9 Å². The average Bonchev–Trinajstić information content (AvgIpc) is 1.54. The van der Waals surface area contributed by atoms with E-state index in [1.165, 1.54) is 45.3 Å². The van der Waals surface area contributed by atoms with Gasteiger partial charge in [-0.1, -0.05) is 180 Å². The lowest BCUT2D eigenvalue weighted by Crippen LogP contribution is -2.55. The number of hydrogen-bond donors (Lipinski definition) is 3. The van der Waals surface area contributed by atoms with Crippen molar-refractivity contribution in [3.8, 4) is 0 Å². The number of carboxylic acid groups (broad SMARTS) is 1. The summed E-state index contributed by atoms with van der Waals surface area (Å²) in [4.78, 5) is 180. The van der Waals surface area contributed by atoms with Crippen molar-refractivity contribution in [2.45, 2.75) is 307 Å². The van der Waals surface area contributed by atoms with E-state index in [1.54, 1.807) is 21.6 Å². The van der Waals surface area contributed by atoms with Gasteiger partial charge in [0.1, 0.15) is 59.0 Å². The normalized spacial score (nSPS) is 30.6. The number of ether oxygens (including phenoxy) is 7. The van der Waals surface area contributed by atoms with Crippen LogP contribution < -0.4 is 11.1 Å². The number of halogens is 2. The highest BCUT2D eigenvalue weighted by Crippen LogP contribution is 2.70. The molecule has 0 bridgehead atoms. The molecule has 0 aromatic heterocycles. The number of methoxy groups -OCH3 is 5.